The molecule has 102 valence electrons. The summed E-state index contributed by atoms with van der Waals surface area (Å²) in [5.74, 6) is -0.641. The number of anilines is 1. The van der Waals surface area contributed by atoms with Crippen molar-refractivity contribution in [2.75, 3.05) is 25.1 Å². The highest BCUT2D eigenvalue weighted by Gasteiger charge is 2.24. The van der Waals surface area contributed by atoms with E-state index in [-0.39, 0.29) is 23.7 Å². The zero-order chi connectivity index (χ0) is 13.8. The standard InChI is InChI=1S/C11H13N3O5/c15-7-1-2-8(10(5-7)14(17)18)13-11(16)9-6-19-4-3-12-9/h1-2,5,9,12,15H,3-4,6H2,(H,13,16). The number of rotatable bonds is 3. The van der Waals surface area contributed by atoms with Crippen molar-refractivity contribution in [3.63, 3.8) is 0 Å². The topological polar surface area (TPSA) is 114 Å². The number of nitro groups is 1. The molecule has 1 aliphatic rings. The third kappa shape index (κ3) is 3.18. The number of hydrogen-bond donors (Lipinski definition) is 3. The van der Waals surface area contributed by atoms with E-state index < -0.39 is 16.9 Å². The predicted molar refractivity (Wildman–Crippen MR) is 66.0 cm³/mol. The Morgan fingerprint density at radius 2 is 2.37 bits per heavy atom. The molecular weight excluding hydrogens is 254 g/mol. The van der Waals surface area contributed by atoms with Crippen molar-refractivity contribution in [2.45, 2.75) is 6.04 Å². The van der Waals surface area contributed by atoms with E-state index in [9.17, 15) is 20.0 Å². The van der Waals surface area contributed by atoms with E-state index in [0.29, 0.717) is 13.2 Å². The second-order valence-corrected chi connectivity index (χ2v) is 4.03. The number of phenols is 1. The van der Waals surface area contributed by atoms with Crippen LogP contribution in [0.2, 0.25) is 0 Å². The lowest BCUT2D eigenvalue weighted by atomic mass is 10.2. The van der Waals surface area contributed by atoms with Gasteiger partial charge >= 0.3 is 0 Å². The van der Waals surface area contributed by atoms with E-state index in [1.807, 2.05) is 0 Å². The zero-order valence-corrected chi connectivity index (χ0v) is 9.96. The molecule has 0 spiro atoms. The second kappa shape index (κ2) is 5.63. The van der Waals surface area contributed by atoms with E-state index in [1.54, 1.807) is 0 Å². The Kier molecular flexibility index (Phi) is 3.93. The van der Waals surface area contributed by atoms with Gasteiger partial charge in [0.15, 0.2) is 0 Å². The first kappa shape index (κ1) is 13.2. The van der Waals surface area contributed by atoms with Crippen LogP contribution < -0.4 is 10.6 Å². The van der Waals surface area contributed by atoms with Crippen molar-refractivity contribution >= 4 is 17.3 Å². The first-order valence-electron chi connectivity index (χ1n) is 5.67. The summed E-state index contributed by atoms with van der Waals surface area (Å²) in [6.45, 7) is 1.30. The molecule has 0 aliphatic carbocycles. The fourth-order valence-electron chi connectivity index (χ4n) is 1.73. The largest absolute Gasteiger partial charge is 0.508 e. The van der Waals surface area contributed by atoms with Gasteiger partial charge in [0.2, 0.25) is 5.91 Å². The number of carbonyl (C=O) groups excluding carboxylic acids is 1. The highest BCUT2D eigenvalue weighted by Crippen LogP contribution is 2.28. The van der Waals surface area contributed by atoms with Crippen molar-refractivity contribution in [1.82, 2.24) is 5.32 Å². The number of hydrogen-bond acceptors (Lipinski definition) is 6. The molecule has 1 unspecified atom stereocenters. The molecular formula is C11H13N3O5. The van der Waals surface area contributed by atoms with Gasteiger partial charge in [0.1, 0.15) is 17.5 Å². The molecule has 0 radical (unpaired) electrons. The monoisotopic (exact) mass is 267 g/mol. The molecule has 3 N–H and O–H groups in total. The Morgan fingerprint density at radius 3 is 3.00 bits per heavy atom. The lowest BCUT2D eigenvalue weighted by Crippen LogP contribution is -2.48. The van der Waals surface area contributed by atoms with Gasteiger partial charge in [0.05, 0.1) is 24.2 Å². The van der Waals surface area contributed by atoms with Gasteiger partial charge in [-0.1, -0.05) is 0 Å². The van der Waals surface area contributed by atoms with E-state index in [0.717, 1.165) is 6.07 Å². The highest BCUT2D eigenvalue weighted by molar-refractivity contribution is 5.97. The van der Waals surface area contributed by atoms with Crippen LogP contribution in [0.15, 0.2) is 18.2 Å². The Balaban J connectivity index is 2.13. The SMILES string of the molecule is O=C(Nc1ccc(O)cc1[N+](=O)[O-])C1COCCN1. The molecule has 1 heterocycles. The Labute approximate surface area is 108 Å². The lowest BCUT2D eigenvalue weighted by Gasteiger charge is -2.22. The predicted octanol–water partition coefficient (Wildman–Crippen LogP) is 0.227. The van der Waals surface area contributed by atoms with E-state index in [1.165, 1.54) is 12.1 Å². The molecule has 1 saturated heterocycles. The summed E-state index contributed by atoms with van der Waals surface area (Å²) in [4.78, 5) is 22.1. The fraction of sp³-hybridized carbons (Fsp3) is 0.364. The summed E-state index contributed by atoms with van der Waals surface area (Å²) in [5, 5.41) is 25.5. The van der Waals surface area contributed by atoms with Crippen molar-refractivity contribution in [3.8, 4) is 5.75 Å². The minimum absolute atomic E-state index is 0.0418. The number of nitro benzene ring substituents is 1. The zero-order valence-electron chi connectivity index (χ0n) is 9.96. The summed E-state index contributed by atoms with van der Waals surface area (Å²) < 4.78 is 5.14. The molecule has 1 atom stereocenters. The smallest absolute Gasteiger partial charge is 0.296 e. The summed E-state index contributed by atoms with van der Waals surface area (Å²) in [6.07, 6.45) is 0. The second-order valence-electron chi connectivity index (χ2n) is 4.03. The van der Waals surface area contributed by atoms with Crippen LogP contribution in [0.4, 0.5) is 11.4 Å². The number of carbonyl (C=O) groups is 1. The van der Waals surface area contributed by atoms with Crippen LogP contribution in [0.25, 0.3) is 0 Å². The van der Waals surface area contributed by atoms with Crippen LogP contribution in [-0.2, 0) is 9.53 Å². The normalized spacial score (nSPS) is 18.8. The molecule has 0 aromatic heterocycles. The molecule has 19 heavy (non-hydrogen) atoms. The van der Waals surface area contributed by atoms with Crippen molar-refractivity contribution in [1.29, 1.82) is 0 Å². The van der Waals surface area contributed by atoms with Crippen LogP contribution in [0.3, 0.4) is 0 Å². The van der Waals surface area contributed by atoms with Crippen LogP contribution >= 0.6 is 0 Å². The molecule has 2 rings (SSSR count). The lowest BCUT2D eigenvalue weighted by molar-refractivity contribution is -0.384. The number of phenolic OH excluding ortho intramolecular Hbond substituents is 1. The average Bonchev–Trinajstić information content (AvgIpc) is 2.41. The summed E-state index contributed by atoms with van der Waals surface area (Å²) in [5.41, 5.74) is -0.315. The first-order valence-corrected chi connectivity index (χ1v) is 5.67. The van der Waals surface area contributed by atoms with E-state index in [4.69, 9.17) is 4.74 Å². The van der Waals surface area contributed by atoms with Crippen LogP contribution in [0.5, 0.6) is 5.75 Å². The van der Waals surface area contributed by atoms with E-state index in [2.05, 4.69) is 10.6 Å². The maximum absolute atomic E-state index is 11.9. The maximum Gasteiger partial charge on any atom is 0.296 e. The minimum Gasteiger partial charge on any atom is -0.508 e. The minimum atomic E-state index is -0.667. The maximum atomic E-state index is 11.9. The molecule has 1 aromatic carbocycles. The third-order valence-corrected chi connectivity index (χ3v) is 2.67. The van der Waals surface area contributed by atoms with Gasteiger partial charge in [-0.15, -0.1) is 0 Å². The molecule has 0 saturated carbocycles. The number of amides is 1. The third-order valence-electron chi connectivity index (χ3n) is 2.67. The molecule has 8 heteroatoms. The molecule has 1 aliphatic heterocycles. The van der Waals surface area contributed by atoms with Crippen LogP contribution in [-0.4, -0.2) is 41.7 Å². The van der Waals surface area contributed by atoms with Gasteiger partial charge in [-0.2, -0.15) is 0 Å². The molecule has 1 aromatic rings. The molecule has 8 nitrogen and oxygen atoms in total. The fourth-order valence-corrected chi connectivity index (χ4v) is 1.73. The number of ether oxygens (including phenoxy) is 1. The molecule has 1 fully saturated rings. The van der Waals surface area contributed by atoms with Gasteiger partial charge in [0, 0.05) is 6.54 Å². The van der Waals surface area contributed by atoms with Crippen LogP contribution in [0, 0.1) is 10.1 Å². The Hall–Kier alpha value is -2.19. The molecule has 1 amide bonds. The van der Waals surface area contributed by atoms with Gasteiger partial charge in [-0.25, -0.2) is 0 Å². The number of benzene rings is 1. The molecule has 0 bridgehead atoms. The van der Waals surface area contributed by atoms with Gasteiger partial charge < -0.3 is 20.5 Å². The van der Waals surface area contributed by atoms with E-state index >= 15 is 0 Å². The number of aromatic hydroxyl groups is 1. The van der Waals surface area contributed by atoms with Gasteiger partial charge in [0.25, 0.3) is 5.69 Å². The number of nitrogens with one attached hydrogen (secondary N) is 2. The summed E-state index contributed by atoms with van der Waals surface area (Å²) in [6, 6.07) is 3.00. The Morgan fingerprint density at radius 1 is 1.58 bits per heavy atom. The van der Waals surface area contributed by atoms with Gasteiger partial charge in [-0.3, -0.25) is 14.9 Å². The Bertz CT molecular complexity index is 499. The van der Waals surface area contributed by atoms with Crippen molar-refractivity contribution < 1.29 is 19.6 Å². The summed E-state index contributed by atoms with van der Waals surface area (Å²) >= 11 is 0. The highest BCUT2D eigenvalue weighted by atomic mass is 16.6. The average molecular weight is 267 g/mol. The number of morpholine rings is 1. The summed E-state index contributed by atoms with van der Waals surface area (Å²) in [7, 11) is 0. The number of nitrogens with zero attached hydrogens (tertiary/aromatic N) is 1. The van der Waals surface area contributed by atoms with Crippen molar-refractivity contribution in [2.24, 2.45) is 0 Å². The first-order chi connectivity index (χ1) is 9.08. The van der Waals surface area contributed by atoms with Crippen molar-refractivity contribution in [3.05, 3.63) is 28.3 Å². The van der Waals surface area contributed by atoms with Crippen LogP contribution in [0.1, 0.15) is 0 Å². The quantitative estimate of drug-likeness (QED) is 0.410. The van der Waals surface area contributed by atoms with Gasteiger partial charge in [-0.05, 0) is 12.1 Å².